The van der Waals surface area contributed by atoms with Crippen LogP contribution in [0.4, 0.5) is 0 Å². The predicted octanol–water partition coefficient (Wildman–Crippen LogP) is 11.1. The number of carbonyl (C=O) groups excluding carboxylic acids is 1. The second kappa shape index (κ2) is 36.3. The van der Waals surface area contributed by atoms with Crippen LogP contribution in [0.5, 0.6) is 0 Å². The molecule has 0 spiro atoms. The first-order chi connectivity index (χ1) is 23.4. The van der Waals surface area contributed by atoms with Gasteiger partial charge in [-0.15, -0.1) is 0 Å². The Kier molecular flexibility index (Phi) is 35.9. The number of hydrogen-bond donors (Lipinski definition) is 4. The molecule has 0 heterocycles. The highest BCUT2D eigenvalue weighted by atomic mass is 31.2. The van der Waals surface area contributed by atoms with Gasteiger partial charge in [-0.1, -0.05) is 194 Å². The van der Waals surface area contributed by atoms with E-state index in [1.165, 1.54) is 148 Å². The fourth-order valence-electron chi connectivity index (χ4n) is 6.31. The Bertz CT molecular complexity index is 729. The molecule has 8 nitrogen and oxygen atoms in total. The summed E-state index contributed by atoms with van der Waals surface area (Å²) in [7, 11) is -4.30. The summed E-state index contributed by atoms with van der Waals surface area (Å²) in [5.41, 5.74) is 5.37. The minimum Gasteiger partial charge on any atom is -0.391 e. The lowest BCUT2D eigenvalue weighted by molar-refractivity contribution is -0.123. The van der Waals surface area contributed by atoms with Gasteiger partial charge >= 0.3 is 7.82 Å². The van der Waals surface area contributed by atoms with E-state index < -0.39 is 20.0 Å². The van der Waals surface area contributed by atoms with Gasteiger partial charge in [-0.05, 0) is 12.8 Å². The third-order valence-electron chi connectivity index (χ3n) is 9.46. The Morgan fingerprint density at radius 1 is 0.604 bits per heavy atom. The van der Waals surface area contributed by atoms with E-state index in [1.807, 2.05) is 0 Å². The number of hydrogen-bond acceptors (Lipinski definition) is 6. The maximum atomic E-state index is 12.7. The molecule has 0 bridgehead atoms. The largest absolute Gasteiger partial charge is 0.472 e. The van der Waals surface area contributed by atoms with Crippen LogP contribution >= 0.6 is 7.82 Å². The van der Waals surface area contributed by atoms with E-state index in [0.29, 0.717) is 12.8 Å². The number of rotatable bonds is 39. The Morgan fingerprint density at radius 3 is 1.33 bits per heavy atom. The lowest BCUT2D eigenvalue weighted by atomic mass is 10.0. The summed E-state index contributed by atoms with van der Waals surface area (Å²) >= 11 is 0. The van der Waals surface area contributed by atoms with Gasteiger partial charge in [0.15, 0.2) is 0 Å². The average molecular weight is 705 g/mol. The summed E-state index contributed by atoms with van der Waals surface area (Å²) in [6.45, 7) is 4.22. The average Bonchev–Trinajstić information content (AvgIpc) is 3.07. The lowest BCUT2D eigenvalue weighted by Crippen LogP contribution is -2.46. The van der Waals surface area contributed by atoms with Crippen LogP contribution in [0.1, 0.15) is 213 Å². The Morgan fingerprint density at radius 2 is 0.958 bits per heavy atom. The number of amides is 1. The molecular formula is C39H81N2O6P. The van der Waals surface area contributed by atoms with Crippen LogP contribution in [0.25, 0.3) is 0 Å². The monoisotopic (exact) mass is 705 g/mol. The topological polar surface area (TPSA) is 131 Å². The predicted molar refractivity (Wildman–Crippen MR) is 203 cm³/mol. The first-order valence-electron chi connectivity index (χ1n) is 20.7. The molecule has 0 rings (SSSR count). The quantitative estimate of drug-likeness (QED) is 0.0370. The second-order valence-corrected chi connectivity index (χ2v) is 15.7. The molecule has 0 aliphatic carbocycles. The van der Waals surface area contributed by atoms with Crippen molar-refractivity contribution in [1.29, 1.82) is 0 Å². The van der Waals surface area contributed by atoms with E-state index in [4.69, 9.17) is 14.8 Å². The number of aliphatic hydroxyl groups is 1. The summed E-state index contributed by atoms with van der Waals surface area (Å²) < 4.78 is 22.1. The molecule has 0 aliphatic rings. The van der Waals surface area contributed by atoms with Crippen LogP contribution in [0, 0.1) is 0 Å². The van der Waals surface area contributed by atoms with Gasteiger partial charge < -0.3 is 21.1 Å². The highest BCUT2D eigenvalue weighted by molar-refractivity contribution is 7.47. The smallest absolute Gasteiger partial charge is 0.391 e. The van der Waals surface area contributed by atoms with Crippen molar-refractivity contribution in [3.05, 3.63) is 0 Å². The number of aliphatic hydroxyl groups excluding tert-OH is 1. The lowest BCUT2D eigenvalue weighted by Gasteiger charge is -2.25. The molecule has 0 saturated heterocycles. The molecular weight excluding hydrogens is 623 g/mol. The van der Waals surface area contributed by atoms with Gasteiger partial charge in [0.2, 0.25) is 5.91 Å². The standard InChI is InChI=1S/C39H81N2O6P/c1-3-5-7-9-11-13-15-17-18-19-21-23-25-27-29-31-33-39(43)41-37(36-47-48(44,45)46-35-34-40)38(42)32-30-28-26-24-22-20-16-14-12-10-8-6-4-2/h37-38,42H,3-36,40H2,1-2H3,(H,41,43)(H,44,45). The van der Waals surface area contributed by atoms with Crippen LogP contribution in [0.15, 0.2) is 0 Å². The minimum atomic E-state index is -4.30. The number of unbranched alkanes of at least 4 members (excludes halogenated alkanes) is 27. The maximum absolute atomic E-state index is 12.7. The summed E-state index contributed by atoms with van der Waals surface area (Å²) in [4.78, 5) is 22.7. The van der Waals surface area contributed by atoms with E-state index in [0.717, 1.165) is 38.5 Å². The molecule has 0 aromatic carbocycles. The SMILES string of the molecule is CCCCCCCCCCCCCCCCCCC(=O)NC(COP(=O)(O)OCCN)C(O)CCCCCCCCCCCCCCC. The molecule has 288 valence electrons. The van der Waals surface area contributed by atoms with Gasteiger partial charge in [0.1, 0.15) is 0 Å². The van der Waals surface area contributed by atoms with E-state index in [9.17, 15) is 19.4 Å². The summed E-state index contributed by atoms with van der Waals surface area (Å²) in [6, 6.07) is -0.766. The minimum absolute atomic E-state index is 0.0923. The van der Waals surface area contributed by atoms with E-state index in [1.54, 1.807) is 0 Å². The van der Waals surface area contributed by atoms with Crippen LogP contribution in [-0.2, 0) is 18.4 Å². The molecule has 0 saturated carbocycles. The van der Waals surface area contributed by atoms with Crippen molar-refractivity contribution in [2.75, 3.05) is 19.8 Å². The van der Waals surface area contributed by atoms with Crippen molar-refractivity contribution in [1.82, 2.24) is 5.32 Å². The van der Waals surface area contributed by atoms with Gasteiger partial charge in [0.05, 0.1) is 25.4 Å². The van der Waals surface area contributed by atoms with Gasteiger partial charge in [0.25, 0.3) is 0 Å². The molecule has 1 amide bonds. The number of phosphoric acid groups is 1. The summed E-state index contributed by atoms with van der Waals surface area (Å²) in [6.07, 6.45) is 36.7. The molecule has 0 aromatic rings. The van der Waals surface area contributed by atoms with Gasteiger partial charge in [0, 0.05) is 13.0 Å². The van der Waals surface area contributed by atoms with Crippen molar-refractivity contribution >= 4 is 13.7 Å². The zero-order valence-electron chi connectivity index (χ0n) is 31.7. The van der Waals surface area contributed by atoms with Crippen molar-refractivity contribution in [2.24, 2.45) is 5.73 Å². The summed E-state index contributed by atoms with van der Waals surface area (Å²) in [5, 5.41) is 13.8. The molecule has 9 heteroatoms. The van der Waals surface area contributed by atoms with Crippen LogP contribution in [-0.4, -0.2) is 47.8 Å². The van der Waals surface area contributed by atoms with Gasteiger partial charge in [-0.3, -0.25) is 13.8 Å². The summed E-state index contributed by atoms with van der Waals surface area (Å²) in [5.74, 6) is -0.158. The third-order valence-corrected chi connectivity index (χ3v) is 10.4. The number of nitrogens with one attached hydrogen (secondary N) is 1. The molecule has 0 fully saturated rings. The zero-order chi connectivity index (χ0) is 35.4. The fourth-order valence-corrected chi connectivity index (χ4v) is 7.07. The molecule has 48 heavy (non-hydrogen) atoms. The Hall–Kier alpha value is -0.500. The first kappa shape index (κ1) is 47.5. The third kappa shape index (κ3) is 34.0. The highest BCUT2D eigenvalue weighted by Gasteiger charge is 2.27. The molecule has 5 N–H and O–H groups in total. The van der Waals surface area contributed by atoms with Crippen molar-refractivity contribution in [2.45, 2.75) is 225 Å². The fraction of sp³-hybridized carbons (Fsp3) is 0.974. The van der Waals surface area contributed by atoms with Crippen molar-refractivity contribution < 1.29 is 28.4 Å². The van der Waals surface area contributed by atoms with E-state index in [2.05, 4.69) is 19.2 Å². The second-order valence-electron chi connectivity index (χ2n) is 14.2. The first-order valence-corrected chi connectivity index (χ1v) is 22.1. The van der Waals surface area contributed by atoms with Crippen molar-refractivity contribution in [3.63, 3.8) is 0 Å². The van der Waals surface area contributed by atoms with Crippen LogP contribution in [0.3, 0.4) is 0 Å². The van der Waals surface area contributed by atoms with Crippen molar-refractivity contribution in [3.8, 4) is 0 Å². The number of phosphoric ester groups is 1. The Balaban J connectivity index is 4.15. The van der Waals surface area contributed by atoms with Gasteiger partial charge in [-0.2, -0.15) is 0 Å². The van der Waals surface area contributed by atoms with E-state index in [-0.39, 0.29) is 25.7 Å². The molecule has 0 radical (unpaired) electrons. The van der Waals surface area contributed by atoms with Crippen LogP contribution < -0.4 is 11.1 Å². The maximum Gasteiger partial charge on any atom is 0.472 e. The molecule has 3 atom stereocenters. The zero-order valence-corrected chi connectivity index (χ0v) is 32.6. The highest BCUT2D eigenvalue weighted by Crippen LogP contribution is 2.43. The van der Waals surface area contributed by atoms with E-state index >= 15 is 0 Å². The number of carbonyl (C=O) groups is 1. The van der Waals surface area contributed by atoms with Gasteiger partial charge in [-0.25, -0.2) is 4.57 Å². The normalized spacial score (nSPS) is 14.2. The van der Waals surface area contributed by atoms with Crippen LogP contribution in [0.2, 0.25) is 0 Å². The molecule has 0 aromatic heterocycles. The molecule has 3 unspecified atom stereocenters. The Labute approximate surface area is 297 Å². The number of nitrogens with two attached hydrogens (primary N) is 1. The molecule has 0 aliphatic heterocycles.